The maximum absolute atomic E-state index is 13.7. The molecule has 6 aromatic rings. The van der Waals surface area contributed by atoms with Gasteiger partial charge in [0.05, 0.1) is 36.5 Å². The largest absolute Gasteiger partial charge is 0.406 e. The number of anilines is 3. The molecular weight excluding hydrogens is 912 g/mol. The van der Waals surface area contributed by atoms with Crippen molar-refractivity contribution in [3.8, 4) is 11.8 Å². The molecule has 3 aliphatic rings. The molecule has 2 bridgehead atoms. The van der Waals surface area contributed by atoms with Gasteiger partial charge < -0.3 is 56.0 Å². The standard InChI is InChI=1S/C53H60F3N11O4/c54-53(55,56)35-67-45(30-46-47(4-1-5-48(46)67)64-41-17-21-57-22-18-41)3-2-20-58-40-10-8-37(9-11-40)51(69)61-25-28-71-27-24-59-49(68)34-65-26-19-38-29-39(31-62-50(38)65)52(70)60-23-16-36-6-14-44(15-7-36)66-32-42-12-13-43(33-66)63-42/h1,4-11,14-15,19,26,29-31,41-43,57-58,63-64H,12-13,16-18,20-25,27-28,32-35H2,(H,59,68)(H,60,70)(H,61,69)/t42-,43+. The first-order valence-corrected chi connectivity index (χ1v) is 24.5. The van der Waals surface area contributed by atoms with E-state index in [1.165, 1.54) is 29.3 Å². The molecule has 3 saturated heterocycles. The number of alkyl halides is 3. The van der Waals surface area contributed by atoms with Crippen molar-refractivity contribution in [3.05, 3.63) is 120 Å². The molecule has 15 nitrogen and oxygen atoms in total. The molecule has 6 heterocycles. The molecule has 0 unspecified atom stereocenters. The van der Waals surface area contributed by atoms with Crippen LogP contribution in [0.4, 0.5) is 30.2 Å². The fraction of sp³-hybridized carbons (Fsp3) is 0.396. The summed E-state index contributed by atoms with van der Waals surface area (Å²) in [4.78, 5) is 45.4. The Hall–Kier alpha value is -7.07. The van der Waals surface area contributed by atoms with Gasteiger partial charge >= 0.3 is 6.18 Å². The minimum Gasteiger partial charge on any atom is -0.382 e. The Labute approximate surface area is 410 Å². The highest BCUT2D eigenvalue weighted by atomic mass is 19.4. The number of carbonyl (C=O) groups excluding carboxylic acids is 3. The van der Waals surface area contributed by atoms with Crippen LogP contribution in [0, 0.1) is 11.8 Å². The first kappa shape index (κ1) is 48.9. The first-order valence-electron chi connectivity index (χ1n) is 24.5. The monoisotopic (exact) mass is 971 g/mol. The van der Waals surface area contributed by atoms with E-state index < -0.39 is 12.7 Å². The summed E-state index contributed by atoms with van der Waals surface area (Å²) in [7, 11) is 0. The van der Waals surface area contributed by atoms with Gasteiger partial charge in [-0.05, 0) is 123 Å². The van der Waals surface area contributed by atoms with Gasteiger partial charge in [-0.25, -0.2) is 4.98 Å². The number of carbonyl (C=O) groups is 3. The minimum absolute atomic E-state index is 0.0454. The Balaban J connectivity index is 0.650. The average molecular weight is 972 g/mol. The summed E-state index contributed by atoms with van der Waals surface area (Å²) in [6.45, 7) is 4.47. The van der Waals surface area contributed by atoms with Gasteiger partial charge in [0, 0.05) is 96.6 Å². The van der Waals surface area contributed by atoms with Gasteiger partial charge in [-0.2, -0.15) is 13.2 Å². The molecule has 7 N–H and O–H groups in total. The first-order chi connectivity index (χ1) is 34.5. The van der Waals surface area contributed by atoms with Gasteiger partial charge in [-0.15, -0.1) is 0 Å². The molecule has 71 heavy (non-hydrogen) atoms. The quantitative estimate of drug-likeness (QED) is 0.0398. The highest BCUT2D eigenvalue weighted by Crippen LogP contribution is 2.31. The van der Waals surface area contributed by atoms with Crippen molar-refractivity contribution in [2.75, 3.05) is 81.1 Å². The highest BCUT2D eigenvalue weighted by Gasteiger charge is 2.32. The predicted molar refractivity (Wildman–Crippen MR) is 270 cm³/mol. The summed E-state index contributed by atoms with van der Waals surface area (Å²) in [5.41, 5.74) is 6.14. The van der Waals surface area contributed by atoms with Gasteiger partial charge in [-0.3, -0.25) is 14.4 Å². The van der Waals surface area contributed by atoms with E-state index in [0.717, 1.165) is 62.1 Å². The number of benzene rings is 3. The molecule has 0 radical (unpaired) electrons. The lowest BCUT2D eigenvalue weighted by atomic mass is 10.1. The van der Waals surface area contributed by atoms with Gasteiger partial charge in [0.1, 0.15) is 18.7 Å². The van der Waals surface area contributed by atoms with E-state index in [1.54, 1.807) is 59.3 Å². The van der Waals surface area contributed by atoms with Gasteiger partial charge in [0.25, 0.3) is 11.8 Å². The molecule has 0 spiro atoms. The maximum Gasteiger partial charge on any atom is 0.406 e. The smallest absolute Gasteiger partial charge is 0.382 e. The van der Waals surface area contributed by atoms with Gasteiger partial charge in [-0.1, -0.05) is 24.1 Å². The van der Waals surface area contributed by atoms with Crippen LogP contribution in [-0.2, 0) is 29.0 Å². The van der Waals surface area contributed by atoms with E-state index in [9.17, 15) is 27.6 Å². The molecule has 0 aliphatic carbocycles. The summed E-state index contributed by atoms with van der Waals surface area (Å²) >= 11 is 0. The van der Waals surface area contributed by atoms with Crippen molar-refractivity contribution in [1.29, 1.82) is 0 Å². The molecule has 18 heteroatoms. The van der Waals surface area contributed by atoms with Crippen LogP contribution < -0.4 is 42.1 Å². The molecular formula is C53H60F3N11O4. The summed E-state index contributed by atoms with van der Waals surface area (Å²) in [5, 5.41) is 23.8. The third-order valence-corrected chi connectivity index (χ3v) is 13.2. The molecule has 3 fully saturated rings. The Bertz CT molecular complexity index is 2850. The van der Waals surface area contributed by atoms with Crippen molar-refractivity contribution in [2.45, 2.75) is 69.5 Å². The van der Waals surface area contributed by atoms with E-state index in [4.69, 9.17) is 4.74 Å². The van der Waals surface area contributed by atoms with Crippen LogP contribution in [0.15, 0.2) is 97.3 Å². The van der Waals surface area contributed by atoms with E-state index in [1.807, 2.05) is 12.1 Å². The molecule has 3 aromatic heterocycles. The number of piperazine rings is 1. The lowest BCUT2D eigenvalue weighted by Gasteiger charge is -2.34. The number of halogens is 3. The summed E-state index contributed by atoms with van der Waals surface area (Å²) < 4.78 is 49.6. The van der Waals surface area contributed by atoms with E-state index in [2.05, 4.69) is 83.2 Å². The van der Waals surface area contributed by atoms with Crippen molar-refractivity contribution in [1.82, 2.24) is 40.7 Å². The number of aromatic nitrogens is 3. The Morgan fingerprint density at radius 2 is 1.55 bits per heavy atom. The molecule has 372 valence electrons. The fourth-order valence-corrected chi connectivity index (χ4v) is 9.62. The molecule has 3 aliphatic heterocycles. The number of pyridine rings is 1. The number of nitrogens with one attached hydrogen (secondary N) is 7. The number of amides is 3. The van der Waals surface area contributed by atoms with Gasteiger partial charge in [0.2, 0.25) is 5.91 Å². The average Bonchev–Trinajstić information content (AvgIpc) is 4.05. The van der Waals surface area contributed by atoms with E-state index in [-0.39, 0.29) is 68.9 Å². The fourth-order valence-electron chi connectivity index (χ4n) is 9.62. The summed E-state index contributed by atoms with van der Waals surface area (Å²) in [6, 6.07) is 27.5. The number of nitrogens with zero attached hydrogens (tertiary/aromatic N) is 4. The van der Waals surface area contributed by atoms with Gasteiger partial charge in [0.15, 0.2) is 0 Å². The van der Waals surface area contributed by atoms with Crippen LogP contribution >= 0.6 is 0 Å². The van der Waals surface area contributed by atoms with Crippen LogP contribution in [-0.4, -0.2) is 122 Å². The molecule has 9 rings (SSSR count). The second-order valence-electron chi connectivity index (χ2n) is 18.4. The second kappa shape index (κ2) is 22.8. The summed E-state index contributed by atoms with van der Waals surface area (Å²) in [6.07, 6.45) is 3.95. The number of ether oxygens (including phenoxy) is 1. The number of hydrogen-bond acceptors (Lipinski definition) is 10. The number of rotatable bonds is 19. The van der Waals surface area contributed by atoms with Crippen molar-refractivity contribution in [2.24, 2.45) is 0 Å². The van der Waals surface area contributed by atoms with Crippen molar-refractivity contribution in [3.63, 3.8) is 0 Å². The number of hydrogen-bond donors (Lipinski definition) is 7. The predicted octanol–water partition coefficient (Wildman–Crippen LogP) is 5.66. The maximum atomic E-state index is 13.7. The van der Waals surface area contributed by atoms with Crippen LogP contribution in [0.5, 0.6) is 0 Å². The van der Waals surface area contributed by atoms with Crippen molar-refractivity contribution < 1.29 is 32.3 Å². The van der Waals surface area contributed by atoms with Crippen molar-refractivity contribution >= 4 is 56.7 Å². The lowest BCUT2D eigenvalue weighted by Crippen LogP contribution is -2.51. The zero-order valence-corrected chi connectivity index (χ0v) is 39.5. The van der Waals surface area contributed by atoms with E-state index >= 15 is 0 Å². The highest BCUT2D eigenvalue weighted by molar-refractivity contribution is 5.97. The molecule has 2 atom stereocenters. The Morgan fingerprint density at radius 1 is 0.817 bits per heavy atom. The Kier molecular flexibility index (Phi) is 15.7. The van der Waals surface area contributed by atoms with Crippen LogP contribution in [0.2, 0.25) is 0 Å². The molecule has 3 aromatic carbocycles. The molecule has 3 amide bonds. The minimum atomic E-state index is -4.42. The summed E-state index contributed by atoms with van der Waals surface area (Å²) in [5.74, 6) is 5.19. The molecule has 0 saturated carbocycles. The normalized spacial score (nSPS) is 16.9. The second-order valence-corrected chi connectivity index (χ2v) is 18.4. The van der Waals surface area contributed by atoms with Crippen LogP contribution in [0.25, 0.3) is 21.9 Å². The van der Waals surface area contributed by atoms with Crippen LogP contribution in [0.1, 0.15) is 57.7 Å². The third-order valence-electron chi connectivity index (χ3n) is 13.2. The third kappa shape index (κ3) is 13.0. The zero-order valence-electron chi connectivity index (χ0n) is 39.5. The lowest BCUT2D eigenvalue weighted by molar-refractivity contribution is -0.140. The van der Waals surface area contributed by atoms with Crippen LogP contribution in [0.3, 0.4) is 0 Å². The zero-order chi connectivity index (χ0) is 49.2. The Morgan fingerprint density at radius 3 is 2.31 bits per heavy atom. The SMILES string of the molecule is O=C(Cn1ccc2cc(C(=O)NCCc3ccc(N4C[C@H]5CC[C@@H](C4)N5)cc3)cnc21)NCCOCCNC(=O)c1ccc(NCC#Cc2cc3c(NC4CCNCC4)cccc3n2CC(F)(F)F)cc1. The topological polar surface area (TPSA) is 171 Å². The number of fused-ring (bicyclic) bond motifs is 4. The van der Waals surface area contributed by atoms with E-state index in [0.29, 0.717) is 52.0 Å². The number of piperidine rings is 1.